The normalized spacial score (nSPS) is 24.5. The van der Waals surface area contributed by atoms with Crippen molar-refractivity contribution in [2.75, 3.05) is 25.1 Å². The van der Waals surface area contributed by atoms with Gasteiger partial charge in [-0.1, -0.05) is 6.07 Å². The van der Waals surface area contributed by atoms with Gasteiger partial charge in [0.15, 0.2) is 0 Å². The van der Waals surface area contributed by atoms with Crippen LogP contribution in [-0.4, -0.2) is 48.2 Å². The topological polar surface area (TPSA) is 43.8 Å². The Kier molecular flexibility index (Phi) is 4.04. The number of amides is 1. The van der Waals surface area contributed by atoms with E-state index in [1.165, 1.54) is 12.1 Å². The molecule has 5 heteroatoms. The van der Waals surface area contributed by atoms with E-state index in [0.29, 0.717) is 12.2 Å². The molecule has 1 fully saturated rings. The van der Waals surface area contributed by atoms with Gasteiger partial charge in [0.2, 0.25) is 5.91 Å². The third kappa shape index (κ3) is 2.71. The van der Waals surface area contributed by atoms with Gasteiger partial charge < -0.3 is 14.9 Å². The van der Waals surface area contributed by atoms with Gasteiger partial charge in [-0.3, -0.25) is 4.79 Å². The van der Waals surface area contributed by atoms with Gasteiger partial charge in [-0.05, 0) is 31.5 Å². The molecule has 1 heterocycles. The minimum Gasteiger partial charge on any atom is -0.394 e. The van der Waals surface area contributed by atoms with E-state index in [4.69, 9.17) is 0 Å². The fourth-order valence-corrected chi connectivity index (χ4v) is 2.40. The summed E-state index contributed by atoms with van der Waals surface area (Å²) in [4.78, 5) is 15.7. The molecule has 0 bridgehead atoms. The summed E-state index contributed by atoms with van der Waals surface area (Å²) in [6.07, 6.45) is 0.787. The second-order valence-corrected chi connectivity index (χ2v) is 4.96. The van der Waals surface area contributed by atoms with Gasteiger partial charge in [-0.25, -0.2) is 4.39 Å². The molecule has 1 aliphatic heterocycles. The van der Waals surface area contributed by atoms with Crippen molar-refractivity contribution in [2.24, 2.45) is 0 Å². The number of anilines is 1. The number of carbonyl (C=O) groups excluding carboxylic acids is 1. The molecule has 1 saturated heterocycles. The summed E-state index contributed by atoms with van der Waals surface area (Å²) in [7, 11) is 1.74. The highest BCUT2D eigenvalue weighted by atomic mass is 19.1. The van der Waals surface area contributed by atoms with Gasteiger partial charge in [-0.15, -0.1) is 0 Å². The highest BCUT2D eigenvalue weighted by Gasteiger charge is 2.33. The van der Waals surface area contributed by atoms with Gasteiger partial charge in [0, 0.05) is 25.3 Å². The van der Waals surface area contributed by atoms with Crippen LogP contribution in [0.2, 0.25) is 0 Å². The average molecular weight is 266 g/mol. The molecule has 2 unspecified atom stereocenters. The fraction of sp³-hybridized carbons (Fsp3) is 0.500. The quantitative estimate of drug-likeness (QED) is 0.876. The molecule has 1 aliphatic rings. The van der Waals surface area contributed by atoms with E-state index in [0.717, 1.165) is 6.42 Å². The third-order valence-electron chi connectivity index (χ3n) is 3.77. The molecule has 1 aromatic carbocycles. The van der Waals surface area contributed by atoms with Crippen molar-refractivity contribution < 1.29 is 14.3 Å². The van der Waals surface area contributed by atoms with Crippen LogP contribution >= 0.6 is 0 Å². The van der Waals surface area contributed by atoms with Crippen LogP contribution in [0, 0.1) is 5.82 Å². The standard InChI is InChI=1S/C14H19FN2O2/c1-10-6-7-17(12-5-3-4-11(15)8-12)13(9-18)14(19)16(10)2/h3-5,8,10,13,18H,6-7,9H2,1-2H3. The molecule has 19 heavy (non-hydrogen) atoms. The molecule has 104 valence electrons. The molecule has 2 atom stereocenters. The predicted molar refractivity (Wildman–Crippen MR) is 71.5 cm³/mol. The van der Waals surface area contributed by atoms with Crippen molar-refractivity contribution in [3.63, 3.8) is 0 Å². The molecule has 1 aromatic rings. The lowest BCUT2D eigenvalue weighted by Crippen LogP contribution is -2.48. The lowest BCUT2D eigenvalue weighted by atomic mass is 10.2. The molecule has 1 amide bonds. The summed E-state index contributed by atoms with van der Waals surface area (Å²) in [6.45, 7) is 2.32. The molecular weight excluding hydrogens is 247 g/mol. The summed E-state index contributed by atoms with van der Waals surface area (Å²) in [6, 6.07) is 5.60. The number of hydrogen-bond acceptors (Lipinski definition) is 3. The van der Waals surface area contributed by atoms with Crippen molar-refractivity contribution in [3.05, 3.63) is 30.1 Å². The van der Waals surface area contributed by atoms with E-state index in [2.05, 4.69) is 0 Å². The van der Waals surface area contributed by atoms with E-state index < -0.39 is 6.04 Å². The van der Waals surface area contributed by atoms with Gasteiger partial charge >= 0.3 is 0 Å². The van der Waals surface area contributed by atoms with Crippen LogP contribution in [0.1, 0.15) is 13.3 Å². The van der Waals surface area contributed by atoms with Gasteiger partial charge in [-0.2, -0.15) is 0 Å². The van der Waals surface area contributed by atoms with Crippen molar-refractivity contribution >= 4 is 11.6 Å². The lowest BCUT2D eigenvalue weighted by Gasteiger charge is -2.30. The Morgan fingerprint density at radius 3 is 2.84 bits per heavy atom. The summed E-state index contributed by atoms with van der Waals surface area (Å²) in [5, 5.41) is 9.51. The van der Waals surface area contributed by atoms with E-state index in [1.807, 2.05) is 6.92 Å². The van der Waals surface area contributed by atoms with Gasteiger partial charge in [0.25, 0.3) is 0 Å². The zero-order valence-corrected chi connectivity index (χ0v) is 11.2. The predicted octanol–water partition coefficient (Wildman–Crippen LogP) is 1.24. The summed E-state index contributed by atoms with van der Waals surface area (Å²) in [5.41, 5.74) is 0.634. The molecule has 1 N–H and O–H groups in total. The Balaban J connectivity index is 2.35. The van der Waals surface area contributed by atoms with E-state index in [1.54, 1.807) is 29.0 Å². The Bertz CT molecular complexity index is 467. The first-order valence-electron chi connectivity index (χ1n) is 6.44. The van der Waals surface area contributed by atoms with Crippen molar-refractivity contribution in [2.45, 2.75) is 25.4 Å². The maximum absolute atomic E-state index is 13.3. The van der Waals surface area contributed by atoms with Crippen molar-refractivity contribution in [1.82, 2.24) is 4.90 Å². The molecule has 0 saturated carbocycles. The molecule has 0 spiro atoms. The zero-order chi connectivity index (χ0) is 14.0. The summed E-state index contributed by atoms with van der Waals surface area (Å²) >= 11 is 0. The van der Waals surface area contributed by atoms with Crippen LogP contribution in [0.15, 0.2) is 24.3 Å². The first-order valence-corrected chi connectivity index (χ1v) is 6.44. The van der Waals surface area contributed by atoms with Crippen LogP contribution < -0.4 is 4.90 Å². The number of rotatable bonds is 2. The van der Waals surface area contributed by atoms with E-state index >= 15 is 0 Å². The number of hydrogen-bond donors (Lipinski definition) is 1. The first kappa shape index (κ1) is 13.8. The number of benzene rings is 1. The van der Waals surface area contributed by atoms with Gasteiger partial charge in [0.1, 0.15) is 11.9 Å². The largest absolute Gasteiger partial charge is 0.394 e. The van der Waals surface area contributed by atoms with Crippen LogP contribution in [0.4, 0.5) is 10.1 Å². The van der Waals surface area contributed by atoms with Gasteiger partial charge in [0.05, 0.1) is 6.61 Å². The smallest absolute Gasteiger partial charge is 0.247 e. The molecule has 0 radical (unpaired) electrons. The highest BCUT2D eigenvalue weighted by molar-refractivity contribution is 5.86. The molecule has 2 rings (SSSR count). The molecule has 0 aliphatic carbocycles. The zero-order valence-electron chi connectivity index (χ0n) is 11.2. The van der Waals surface area contributed by atoms with E-state index in [9.17, 15) is 14.3 Å². The minimum absolute atomic E-state index is 0.111. The Labute approximate surface area is 112 Å². The molecule has 4 nitrogen and oxygen atoms in total. The first-order chi connectivity index (χ1) is 9.04. The Morgan fingerprint density at radius 2 is 2.21 bits per heavy atom. The van der Waals surface area contributed by atoms with Crippen LogP contribution in [-0.2, 0) is 4.79 Å². The maximum Gasteiger partial charge on any atom is 0.247 e. The summed E-state index contributed by atoms with van der Waals surface area (Å²) in [5.74, 6) is -0.468. The number of aliphatic hydroxyl groups is 1. The maximum atomic E-state index is 13.3. The average Bonchev–Trinajstić information content (AvgIpc) is 2.50. The number of nitrogens with zero attached hydrogens (tertiary/aromatic N) is 2. The van der Waals surface area contributed by atoms with Crippen LogP contribution in [0.5, 0.6) is 0 Å². The van der Waals surface area contributed by atoms with Crippen molar-refractivity contribution in [1.29, 1.82) is 0 Å². The number of carbonyl (C=O) groups is 1. The Hall–Kier alpha value is -1.62. The highest BCUT2D eigenvalue weighted by Crippen LogP contribution is 2.23. The fourth-order valence-electron chi connectivity index (χ4n) is 2.40. The van der Waals surface area contributed by atoms with E-state index in [-0.39, 0.29) is 24.4 Å². The minimum atomic E-state index is -0.642. The monoisotopic (exact) mass is 266 g/mol. The second kappa shape index (κ2) is 5.57. The second-order valence-electron chi connectivity index (χ2n) is 4.96. The van der Waals surface area contributed by atoms with Crippen LogP contribution in [0.25, 0.3) is 0 Å². The Morgan fingerprint density at radius 1 is 1.47 bits per heavy atom. The third-order valence-corrected chi connectivity index (χ3v) is 3.77. The molecular formula is C14H19FN2O2. The van der Waals surface area contributed by atoms with Crippen LogP contribution in [0.3, 0.4) is 0 Å². The summed E-state index contributed by atoms with van der Waals surface area (Å²) < 4.78 is 13.3. The number of likely N-dealkylation sites (N-methyl/N-ethyl adjacent to an activating group) is 1. The molecule has 0 aromatic heterocycles. The van der Waals surface area contributed by atoms with Crippen molar-refractivity contribution in [3.8, 4) is 0 Å². The number of halogens is 1. The number of aliphatic hydroxyl groups excluding tert-OH is 1. The SMILES string of the molecule is CC1CCN(c2cccc(F)c2)C(CO)C(=O)N1C. The lowest BCUT2D eigenvalue weighted by molar-refractivity contribution is -0.133.